The second-order valence-corrected chi connectivity index (χ2v) is 5.28. The van der Waals surface area contributed by atoms with Gasteiger partial charge in [0.25, 0.3) is 5.91 Å². The van der Waals surface area contributed by atoms with E-state index in [0.29, 0.717) is 23.7 Å². The Morgan fingerprint density at radius 2 is 2.04 bits per heavy atom. The van der Waals surface area contributed by atoms with Crippen LogP contribution in [0.1, 0.15) is 17.0 Å². The Balaban J connectivity index is 1.89. The van der Waals surface area contributed by atoms with Crippen molar-refractivity contribution in [1.29, 1.82) is 0 Å². The van der Waals surface area contributed by atoms with Crippen molar-refractivity contribution in [2.45, 2.75) is 13.5 Å². The van der Waals surface area contributed by atoms with Gasteiger partial charge in [-0.05, 0) is 30.7 Å². The summed E-state index contributed by atoms with van der Waals surface area (Å²) >= 11 is 0. The van der Waals surface area contributed by atoms with Crippen molar-refractivity contribution < 1.29 is 18.8 Å². The molecule has 7 heteroatoms. The summed E-state index contributed by atoms with van der Waals surface area (Å²) in [4.78, 5) is 24.3. The minimum Gasteiger partial charge on any atom is -0.484 e. The SMILES string of the molecule is Cc1cc(CN(C)C(=O)/C=C/c2ccc(OCC(N)=O)cc2)no1. The summed E-state index contributed by atoms with van der Waals surface area (Å²) in [6, 6.07) is 8.75. The molecule has 126 valence electrons. The molecule has 0 aliphatic rings. The third-order valence-electron chi connectivity index (χ3n) is 3.13. The summed E-state index contributed by atoms with van der Waals surface area (Å²) in [5.74, 6) is 0.565. The summed E-state index contributed by atoms with van der Waals surface area (Å²) in [6.07, 6.45) is 3.18. The largest absolute Gasteiger partial charge is 0.484 e. The number of aryl methyl sites for hydroxylation is 1. The molecular formula is C17H19N3O4. The summed E-state index contributed by atoms with van der Waals surface area (Å²) in [5.41, 5.74) is 6.54. The Morgan fingerprint density at radius 3 is 2.62 bits per heavy atom. The van der Waals surface area contributed by atoms with Gasteiger partial charge in [-0.2, -0.15) is 0 Å². The molecule has 0 fully saturated rings. The number of nitrogens with two attached hydrogens (primary N) is 1. The molecular weight excluding hydrogens is 310 g/mol. The molecule has 0 saturated carbocycles. The van der Waals surface area contributed by atoms with E-state index in [1.54, 1.807) is 50.4 Å². The number of carbonyl (C=O) groups excluding carboxylic acids is 2. The van der Waals surface area contributed by atoms with E-state index in [-0.39, 0.29) is 12.5 Å². The number of carbonyl (C=O) groups is 2. The lowest BCUT2D eigenvalue weighted by Gasteiger charge is -2.12. The van der Waals surface area contributed by atoms with Gasteiger partial charge in [0.05, 0.1) is 6.54 Å². The topological polar surface area (TPSA) is 98.7 Å². The molecule has 2 N–H and O–H groups in total. The van der Waals surface area contributed by atoms with Gasteiger partial charge < -0.3 is 19.9 Å². The maximum atomic E-state index is 12.1. The molecule has 0 saturated heterocycles. The first-order chi connectivity index (χ1) is 11.4. The maximum absolute atomic E-state index is 12.1. The van der Waals surface area contributed by atoms with Crippen molar-refractivity contribution >= 4 is 17.9 Å². The minimum absolute atomic E-state index is 0.148. The lowest BCUT2D eigenvalue weighted by atomic mass is 10.2. The van der Waals surface area contributed by atoms with Crippen LogP contribution in [0.2, 0.25) is 0 Å². The fourth-order valence-electron chi connectivity index (χ4n) is 1.94. The molecule has 7 nitrogen and oxygen atoms in total. The van der Waals surface area contributed by atoms with Crippen LogP contribution in [-0.4, -0.2) is 35.5 Å². The van der Waals surface area contributed by atoms with Crippen molar-refractivity contribution in [3.63, 3.8) is 0 Å². The quantitative estimate of drug-likeness (QED) is 0.777. The Morgan fingerprint density at radius 1 is 1.33 bits per heavy atom. The zero-order chi connectivity index (χ0) is 17.5. The number of benzene rings is 1. The monoisotopic (exact) mass is 329 g/mol. The van der Waals surface area contributed by atoms with Crippen LogP contribution in [0.3, 0.4) is 0 Å². The molecule has 0 radical (unpaired) electrons. The highest BCUT2D eigenvalue weighted by molar-refractivity contribution is 5.91. The lowest BCUT2D eigenvalue weighted by Crippen LogP contribution is -2.24. The summed E-state index contributed by atoms with van der Waals surface area (Å²) in [6.45, 7) is 2.01. The highest BCUT2D eigenvalue weighted by atomic mass is 16.5. The van der Waals surface area contributed by atoms with Crippen LogP contribution in [0.25, 0.3) is 6.08 Å². The predicted molar refractivity (Wildman–Crippen MR) is 87.9 cm³/mol. The highest BCUT2D eigenvalue weighted by Crippen LogP contribution is 2.13. The first-order valence-corrected chi connectivity index (χ1v) is 7.30. The third-order valence-corrected chi connectivity index (χ3v) is 3.13. The number of amides is 2. The van der Waals surface area contributed by atoms with Gasteiger partial charge in [-0.3, -0.25) is 9.59 Å². The Bertz CT molecular complexity index is 735. The van der Waals surface area contributed by atoms with Crippen LogP contribution >= 0.6 is 0 Å². The molecule has 24 heavy (non-hydrogen) atoms. The van der Waals surface area contributed by atoms with E-state index in [0.717, 1.165) is 5.56 Å². The summed E-state index contributed by atoms with van der Waals surface area (Å²) < 4.78 is 10.1. The highest BCUT2D eigenvalue weighted by Gasteiger charge is 2.08. The average Bonchev–Trinajstić information content (AvgIpc) is 2.96. The fraction of sp³-hybridized carbons (Fsp3) is 0.235. The molecule has 0 aliphatic carbocycles. The Labute approximate surface area is 139 Å². The smallest absolute Gasteiger partial charge is 0.255 e. The maximum Gasteiger partial charge on any atom is 0.255 e. The van der Waals surface area contributed by atoms with Crippen molar-refractivity contribution in [2.75, 3.05) is 13.7 Å². The van der Waals surface area contributed by atoms with Crippen LogP contribution < -0.4 is 10.5 Å². The number of nitrogens with zero attached hydrogens (tertiary/aromatic N) is 2. The molecule has 2 aromatic rings. The van der Waals surface area contributed by atoms with E-state index in [4.69, 9.17) is 15.0 Å². The number of rotatable bonds is 7. The van der Waals surface area contributed by atoms with Crippen LogP contribution in [0.15, 0.2) is 40.9 Å². The molecule has 1 heterocycles. The molecule has 0 atom stereocenters. The Hall–Kier alpha value is -3.09. The van der Waals surface area contributed by atoms with Gasteiger partial charge >= 0.3 is 0 Å². The molecule has 2 amide bonds. The number of ether oxygens (including phenoxy) is 1. The van der Waals surface area contributed by atoms with Crippen LogP contribution in [-0.2, 0) is 16.1 Å². The standard InChI is InChI=1S/C17H19N3O4/c1-12-9-14(19-24-12)10-20(2)17(22)8-5-13-3-6-15(7-4-13)23-11-16(18)21/h3-9H,10-11H2,1-2H3,(H2,18,21)/b8-5+. The number of hydrogen-bond acceptors (Lipinski definition) is 5. The molecule has 0 unspecified atom stereocenters. The van der Waals surface area contributed by atoms with Crippen molar-refractivity contribution in [3.05, 3.63) is 53.4 Å². The lowest BCUT2D eigenvalue weighted by molar-refractivity contribution is -0.125. The number of aromatic nitrogens is 1. The van der Waals surface area contributed by atoms with Gasteiger partial charge in [-0.1, -0.05) is 17.3 Å². The zero-order valence-corrected chi connectivity index (χ0v) is 13.6. The zero-order valence-electron chi connectivity index (χ0n) is 13.6. The van der Waals surface area contributed by atoms with Crippen molar-refractivity contribution in [2.24, 2.45) is 5.73 Å². The molecule has 1 aromatic heterocycles. The van der Waals surface area contributed by atoms with Gasteiger partial charge in [0.1, 0.15) is 17.2 Å². The van der Waals surface area contributed by atoms with Crippen molar-refractivity contribution in [1.82, 2.24) is 10.1 Å². The second-order valence-electron chi connectivity index (χ2n) is 5.28. The van der Waals surface area contributed by atoms with E-state index >= 15 is 0 Å². The van der Waals surface area contributed by atoms with E-state index in [2.05, 4.69) is 5.16 Å². The number of likely N-dealkylation sites (N-methyl/N-ethyl adjacent to an activating group) is 1. The van der Waals surface area contributed by atoms with Crippen LogP contribution in [0, 0.1) is 6.92 Å². The van der Waals surface area contributed by atoms with E-state index in [1.165, 1.54) is 11.0 Å². The van der Waals surface area contributed by atoms with Crippen LogP contribution in [0.5, 0.6) is 5.75 Å². The van der Waals surface area contributed by atoms with Crippen molar-refractivity contribution in [3.8, 4) is 5.75 Å². The normalized spacial score (nSPS) is 10.8. The predicted octanol–water partition coefficient (Wildman–Crippen LogP) is 1.52. The van der Waals surface area contributed by atoms with E-state index in [9.17, 15) is 9.59 Å². The number of primary amides is 1. The summed E-state index contributed by atoms with van der Waals surface area (Å²) in [5, 5.41) is 3.86. The fourth-order valence-corrected chi connectivity index (χ4v) is 1.94. The molecule has 0 bridgehead atoms. The minimum atomic E-state index is -0.532. The van der Waals surface area contributed by atoms with Gasteiger partial charge in [0, 0.05) is 19.2 Å². The van der Waals surface area contributed by atoms with Gasteiger partial charge in [0.15, 0.2) is 6.61 Å². The van der Waals surface area contributed by atoms with E-state index < -0.39 is 5.91 Å². The first kappa shape index (κ1) is 17.3. The molecule has 0 spiro atoms. The van der Waals surface area contributed by atoms with Gasteiger partial charge in [-0.25, -0.2) is 0 Å². The molecule has 1 aromatic carbocycles. The Kier molecular flexibility index (Phi) is 5.73. The average molecular weight is 329 g/mol. The second kappa shape index (κ2) is 7.96. The van der Waals surface area contributed by atoms with Crippen LogP contribution in [0.4, 0.5) is 0 Å². The molecule has 2 rings (SSSR count). The van der Waals surface area contributed by atoms with Gasteiger partial charge in [-0.15, -0.1) is 0 Å². The van der Waals surface area contributed by atoms with Gasteiger partial charge in [0.2, 0.25) is 5.91 Å². The third kappa shape index (κ3) is 5.28. The number of hydrogen-bond donors (Lipinski definition) is 1. The molecule has 0 aliphatic heterocycles. The summed E-state index contributed by atoms with van der Waals surface area (Å²) in [7, 11) is 1.69. The first-order valence-electron chi connectivity index (χ1n) is 7.30. The van der Waals surface area contributed by atoms with E-state index in [1.807, 2.05) is 0 Å².